The third-order valence-corrected chi connectivity index (χ3v) is 1.15. The summed E-state index contributed by atoms with van der Waals surface area (Å²) < 4.78 is 8.93. The Morgan fingerprint density at radius 2 is 1.70 bits per heavy atom. The van der Waals surface area contributed by atoms with Crippen LogP contribution in [0.4, 0.5) is 0 Å². The van der Waals surface area contributed by atoms with E-state index in [1.165, 1.54) is 21.1 Å². The second-order valence-electron chi connectivity index (χ2n) is 1.64. The van der Waals surface area contributed by atoms with Gasteiger partial charge in [-0.3, -0.25) is 0 Å². The first-order valence-corrected chi connectivity index (χ1v) is 2.38. The molecule has 54 valence electrons. The molecule has 0 saturated heterocycles. The number of methoxy groups -OCH3 is 2. The molecule has 0 spiro atoms. The van der Waals surface area contributed by atoms with E-state index < -0.39 is 11.8 Å². The topological polar surface area (TPSA) is 58.6 Å². The SMILES string of the molecule is COC(C)(OC)C(=O)[O-].[Na+]. The molecule has 0 atom stereocenters. The van der Waals surface area contributed by atoms with E-state index in [9.17, 15) is 9.90 Å². The Morgan fingerprint density at radius 1 is 1.40 bits per heavy atom. The van der Waals surface area contributed by atoms with Gasteiger partial charge in [0.05, 0.1) is 0 Å². The maximum absolute atomic E-state index is 10.1. The van der Waals surface area contributed by atoms with Gasteiger partial charge in [0, 0.05) is 14.2 Å². The summed E-state index contributed by atoms with van der Waals surface area (Å²) in [5.41, 5.74) is 0. The molecule has 0 unspecified atom stereocenters. The van der Waals surface area contributed by atoms with Crippen molar-refractivity contribution in [3.8, 4) is 0 Å². The van der Waals surface area contributed by atoms with Crippen LogP contribution in [0.3, 0.4) is 0 Å². The van der Waals surface area contributed by atoms with E-state index in [2.05, 4.69) is 9.47 Å². The second-order valence-corrected chi connectivity index (χ2v) is 1.64. The Kier molecular flexibility index (Phi) is 6.63. The molecule has 0 aromatic heterocycles. The van der Waals surface area contributed by atoms with E-state index in [0.717, 1.165) is 0 Å². The summed E-state index contributed by atoms with van der Waals surface area (Å²) in [6.45, 7) is 1.27. The van der Waals surface area contributed by atoms with Gasteiger partial charge in [-0.15, -0.1) is 0 Å². The van der Waals surface area contributed by atoms with Gasteiger partial charge in [-0.05, 0) is 6.92 Å². The number of hydrogen-bond donors (Lipinski definition) is 0. The molecular formula is C5H9NaO4. The van der Waals surface area contributed by atoms with Crippen LogP contribution in [0.2, 0.25) is 0 Å². The molecule has 5 heteroatoms. The minimum Gasteiger partial charge on any atom is -0.544 e. The van der Waals surface area contributed by atoms with Crippen molar-refractivity contribution >= 4 is 5.97 Å². The molecule has 0 aliphatic carbocycles. The van der Waals surface area contributed by atoms with Gasteiger partial charge in [-0.25, -0.2) is 0 Å². The number of aliphatic carboxylic acids is 1. The number of carboxylic acid groups (broad SMARTS) is 1. The number of rotatable bonds is 3. The Morgan fingerprint density at radius 3 is 1.70 bits per heavy atom. The van der Waals surface area contributed by atoms with E-state index in [1.807, 2.05) is 0 Å². The molecule has 0 amide bonds. The molecule has 4 nitrogen and oxygen atoms in total. The zero-order valence-corrected chi connectivity index (χ0v) is 8.63. The minimum absolute atomic E-state index is 0. The quantitative estimate of drug-likeness (QED) is 0.307. The predicted octanol–water partition coefficient (Wildman–Crippen LogP) is -4.25. The zero-order chi connectivity index (χ0) is 7.49. The summed E-state index contributed by atoms with van der Waals surface area (Å²) in [4.78, 5) is 10.1. The van der Waals surface area contributed by atoms with Crippen molar-refractivity contribution in [3.63, 3.8) is 0 Å². The van der Waals surface area contributed by atoms with Gasteiger partial charge in [0.1, 0.15) is 5.97 Å². The molecule has 0 radical (unpaired) electrons. The molecule has 0 rings (SSSR count). The Hall–Kier alpha value is 0.390. The number of ether oxygens (including phenoxy) is 2. The summed E-state index contributed by atoms with van der Waals surface area (Å²) in [6.07, 6.45) is 0. The summed E-state index contributed by atoms with van der Waals surface area (Å²) in [5, 5.41) is 10.1. The van der Waals surface area contributed by atoms with E-state index in [-0.39, 0.29) is 29.6 Å². The molecule has 0 fully saturated rings. The van der Waals surface area contributed by atoms with Crippen LogP contribution in [0.5, 0.6) is 0 Å². The molecule has 0 N–H and O–H groups in total. The van der Waals surface area contributed by atoms with Crippen molar-refractivity contribution in [1.29, 1.82) is 0 Å². The molecule has 0 saturated carbocycles. The van der Waals surface area contributed by atoms with E-state index >= 15 is 0 Å². The van der Waals surface area contributed by atoms with E-state index in [4.69, 9.17) is 0 Å². The third kappa shape index (κ3) is 2.98. The van der Waals surface area contributed by atoms with E-state index in [1.54, 1.807) is 0 Å². The van der Waals surface area contributed by atoms with Crippen LogP contribution in [0.25, 0.3) is 0 Å². The first kappa shape index (κ1) is 13.0. The van der Waals surface area contributed by atoms with Gasteiger partial charge in [-0.2, -0.15) is 0 Å². The van der Waals surface area contributed by atoms with Gasteiger partial charge in [0.25, 0.3) is 0 Å². The maximum Gasteiger partial charge on any atom is 1.00 e. The zero-order valence-electron chi connectivity index (χ0n) is 6.63. The standard InChI is InChI=1S/C5H10O4.Na/c1-5(8-2,9-3)4(6)7;/h1-3H3,(H,6,7);/q;+1/p-1. The van der Waals surface area contributed by atoms with Crippen LogP contribution < -0.4 is 34.7 Å². The normalized spacial score (nSPS) is 10.3. The largest absolute Gasteiger partial charge is 1.00 e. The van der Waals surface area contributed by atoms with Crippen LogP contribution in [0, 0.1) is 0 Å². The number of carbonyl (C=O) groups is 1. The minimum atomic E-state index is -1.61. The number of carbonyl (C=O) groups excluding carboxylic acids is 1. The Bertz CT molecular complexity index is 110. The predicted molar refractivity (Wildman–Crippen MR) is 27.4 cm³/mol. The average Bonchev–Trinajstić information content (AvgIpc) is 1.86. The second kappa shape index (κ2) is 5.09. The van der Waals surface area contributed by atoms with Gasteiger partial charge in [-0.1, -0.05) is 0 Å². The Balaban J connectivity index is 0. The first-order valence-electron chi connectivity index (χ1n) is 2.38. The van der Waals surface area contributed by atoms with Crippen molar-refractivity contribution in [3.05, 3.63) is 0 Å². The molecule has 0 heterocycles. The van der Waals surface area contributed by atoms with Crippen molar-refractivity contribution in [2.45, 2.75) is 12.7 Å². The van der Waals surface area contributed by atoms with Crippen molar-refractivity contribution in [1.82, 2.24) is 0 Å². The number of hydrogen-bond acceptors (Lipinski definition) is 4. The summed E-state index contributed by atoms with van der Waals surface area (Å²) >= 11 is 0. The summed E-state index contributed by atoms with van der Waals surface area (Å²) in [6, 6.07) is 0. The molecule has 0 aliphatic heterocycles. The summed E-state index contributed by atoms with van der Waals surface area (Å²) in [7, 11) is 2.47. The van der Waals surface area contributed by atoms with E-state index in [0.29, 0.717) is 0 Å². The van der Waals surface area contributed by atoms with Crippen molar-refractivity contribution in [2.75, 3.05) is 14.2 Å². The average molecular weight is 156 g/mol. The van der Waals surface area contributed by atoms with Gasteiger partial charge in [0.15, 0.2) is 0 Å². The smallest absolute Gasteiger partial charge is 0.544 e. The third-order valence-electron chi connectivity index (χ3n) is 1.15. The Labute approximate surface area is 81.8 Å². The van der Waals surface area contributed by atoms with Gasteiger partial charge in [0.2, 0.25) is 5.79 Å². The molecule has 0 aliphatic rings. The first-order chi connectivity index (χ1) is 4.06. The van der Waals surface area contributed by atoms with Gasteiger partial charge >= 0.3 is 29.6 Å². The summed E-state index contributed by atoms with van der Waals surface area (Å²) in [5.74, 6) is -2.99. The van der Waals surface area contributed by atoms with Gasteiger partial charge < -0.3 is 19.4 Å². The molecule has 0 bridgehead atoms. The monoisotopic (exact) mass is 156 g/mol. The van der Waals surface area contributed by atoms with Crippen LogP contribution in [0.15, 0.2) is 0 Å². The maximum atomic E-state index is 10.1. The van der Waals surface area contributed by atoms with Crippen LogP contribution >= 0.6 is 0 Å². The fourth-order valence-electron chi connectivity index (χ4n) is 0.250. The van der Waals surface area contributed by atoms with Crippen molar-refractivity contribution < 1.29 is 48.9 Å². The number of carboxylic acids is 1. The van der Waals surface area contributed by atoms with Crippen LogP contribution in [0.1, 0.15) is 6.92 Å². The fourth-order valence-corrected chi connectivity index (χ4v) is 0.250. The molecule has 0 aromatic carbocycles. The molecule has 0 aromatic rings. The molecule has 10 heavy (non-hydrogen) atoms. The van der Waals surface area contributed by atoms with Crippen molar-refractivity contribution in [2.24, 2.45) is 0 Å². The van der Waals surface area contributed by atoms with Crippen LogP contribution in [-0.2, 0) is 14.3 Å². The fraction of sp³-hybridized carbons (Fsp3) is 0.800. The van der Waals surface area contributed by atoms with Crippen LogP contribution in [-0.4, -0.2) is 26.0 Å². The molecular weight excluding hydrogens is 147 g/mol.